The number of ether oxygens (including phenoxy) is 2. The van der Waals surface area contributed by atoms with E-state index in [4.69, 9.17) is 9.47 Å². The van der Waals surface area contributed by atoms with Gasteiger partial charge in [0.2, 0.25) is 0 Å². The van der Waals surface area contributed by atoms with Gasteiger partial charge < -0.3 is 9.47 Å². The van der Waals surface area contributed by atoms with Crippen molar-refractivity contribution in [3.05, 3.63) is 59.7 Å². The number of aryl methyl sites for hydroxylation is 1. The molecule has 120 valence electrons. The van der Waals surface area contributed by atoms with Gasteiger partial charge in [-0.25, -0.2) is 5.43 Å². The van der Waals surface area contributed by atoms with Crippen LogP contribution in [0.15, 0.2) is 53.6 Å². The van der Waals surface area contributed by atoms with Gasteiger partial charge >= 0.3 is 0 Å². The topological polar surface area (TPSA) is 59.9 Å². The number of benzene rings is 2. The normalized spacial score (nSPS) is 10.5. The number of amides is 1. The lowest BCUT2D eigenvalue weighted by atomic mass is 10.2. The number of hydrogen-bond acceptors (Lipinski definition) is 4. The summed E-state index contributed by atoms with van der Waals surface area (Å²) < 4.78 is 10.7. The summed E-state index contributed by atoms with van der Waals surface area (Å²) in [7, 11) is 0. The van der Waals surface area contributed by atoms with Crippen molar-refractivity contribution in [2.75, 3.05) is 13.2 Å². The molecular formula is C18H20N2O3. The zero-order valence-corrected chi connectivity index (χ0v) is 13.3. The predicted molar refractivity (Wildman–Crippen MR) is 90.0 cm³/mol. The van der Waals surface area contributed by atoms with Gasteiger partial charge in [0, 0.05) is 0 Å². The Bertz CT molecular complexity index is 649. The Morgan fingerprint density at radius 1 is 1.04 bits per heavy atom. The Kier molecular flexibility index (Phi) is 6.17. The molecule has 0 radical (unpaired) electrons. The second-order valence-corrected chi connectivity index (χ2v) is 4.90. The molecule has 1 N–H and O–H groups in total. The number of hydrogen-bond donors (Lipinski definition) is 1. The molecule has 1 amide bonds. The summed E-state index contributed by atoms with van der Waals surface area (Å²) in [6, 6.07) is 14.9. The molecule has 5 heteroatoms. The van der Waals surface area contributed by atoms with E-state index in [9.17, 15) is 4.79 Å². The van der Waals surface area contributed by atoms with E-state index in [1.807, 2.05) is 62.4 Å². The zero-order chi connectivity index (χ0) is 16.5. The highest BCUT2D eigenvalue weighted by Gasteiger charge is 2.01. The van der Waals surface area contributed by atoms with E-state index in [2.05, 4.69) is 10.5 Å². The number of hydrazone groups is 1. The fourth-order valence-corrected chi connectivity index (χ4v) is 1.81. The van der Waals surface area contributed by atoms with Crippen molar-refractivity contribution in [1.82, 2.24) is 5.43 Å². The molecule has 5 nitrogen and oxygen atoms in total. The van der Waals surface area contributed by atoms with Crippen LogP contribution in [-0.4, -0.2) is 25.3 Å². The van der Waals surface area contributed by atoms with E-state index in [1.54, 1.807) is 6.21 Å². The first-order valence-electron chi connectivity index (χ1n) is 7.41. The Morgan fingerprint density at radius 2 is 1.65 bits per heavy atom. The van der Waals surface area contributed by atoms with Crippen molar-refractivity contribution in [1.29, 1.82) is 0 Å². The highest BCUT2D eigenvalue weighted by molar-refractivity contribution is 5.83. The third-order valence-corrected chi connectivity index (χ3v) is 2.98. The molecule has 0 aliphatic rings. The maximum atomic E-state index is 11.6. The molecular weight excluding hydrogens is 292 g/mol. The number of rotatable bonds is 7. The van der Waals surface area contributed by atoms with Gasteiger partial charge in [0.25, 0.3) is 5.91 Å². The fourth-order valence-electron chi connectivity index (χ4n) is 1.81. The molecule has 0 aliphatic heterocycles. The molecule has 2 aromatic rings. The standard InChI is InChI=1S/C18H20N2O3/c1-3-22-16-10-6-15(7-11-16)12-19-20-18(21)13-23-17-8-4-14(2)5-9-17/h4-12H,3,13H2,1-2H3,(H,20,21). The van der Waals surface area contributed by atoms with Gasteiger partial charge in [-0.05, 0) is 55.8 Å². The minimum Gasteiger partial charge on any atom is -0.494 e. The maximum Gasteiger partial charge on any atom is 0.277 e. The molecule has 0 aromatic heterocycles. The Balaban J connectivity index is 1.75. The third kappa shape index (κ3) is 5.82. The van der Waals surface area contributed by atoms with Crippen molar-refractivity contribution >= 4 is 12.1 Å². The summed E-state index contributed by atoms with van der Waals surface area (Å²) in [5, 5.41) is 3.90. The first-order valence-corrected chi connectivity index (χ1v) is 7.41. The summed E-state index contributed by atoms with van der Waals surface area (Å²) in [6.07, 6.45) is 1.57. The SMILES string of the molecule is CCOc1ccc(C=NNC(=O)COc2ccc(C)cc2)cc1. The van der Waals surface area contributed by atoms with Gasteiger partial charge in [-0.3, -0.25) is 4.79 Å². The van der Waals surface area contributed by atoms with Gasteiger partial charge in [-0.1, -0.05) is 17.7 Å². The van der Waals surface area contributed by atoms with Crippen LogP contribution in [-0.2, 0) is 4.79 Å². The van der Waals surface area contributed by atoms with Gasteiger partial charge in [0.15, 0.2) is 6.61 Å². The molecule has 23 heavy (non-hydrogen) atoms. The molecule has 0 spiro atoms. The highest BCUT2D eigenvalue weighted by atomic mass is 16.5. The van der Waals surface area contributed by atoms with Crippen molar-refractivity contribution in [2.24, 2.45) is 5.10 Å². The minimum absolute atomic E-state index is 0.0797. The van der Waals surface area contributed by atoms with Gasteiger partial charge in [0.1, 0.15) is 11.5 Å². The molecule has 0 saturated heterocycles. The molecule has 0 saturated carbocycles. The predicted octanol–water partition coefficient (Wildman–Crippen LogP) is 2.92. The van der Waals surface area contributed by atoms with E-state index in [1.165, 1.54) is 0 Å². The van der Waals surface area contributed by atoms with Gasteiger partial charge in [0.05, 0.1) is 12.8 Å². The molecule has 0 atom stereocenters. The zero-order valence-electron chi connectivity index (χ0n) is 13.3. The van der Waals surface area contributed by atoms with E-state index >= 15 is 0 Å². The monoisotopic (exact) mass is 312 g/mol. The molecule has 0 aliphatic carbocycles. The van der Waals surface area contributed by atoms with E-state index in [0.29, 0.717) is 12.4 Å². The van der Waals surface area contributed by atoms with Crippen LogP contribution in [0.2, 0.25) is 0 Å². The number of nitrogens with zero attached hydrogens (tertiary/aromatic N) is 1. The Morgan fingerprint density at radius 3 is 2.30 bits per heavy atom. The number of nitrogens with one attached hydrogen (secondary N) is 1. The van der Waals surface area contributed by atoms with Crippen LogP contribution in [0.1, 0.15) is 18.1 Å². The van der Waals surface area contributed by atoms with Gasteiger partial charge in [-0.15, -0.1) is 0 Å². The average molecular weight is 312 g/mol. The van der Waals surface area contributed by atoms with Crippen molar-refractivity contribution in [3.63, 3.8) is 0 Å². The maximum absolute atomic E-state index is 11.6. The quantitative estimate of drug-likeness (QED) is 0.631. The van der Waals surface area contributed by atoms with Crippen LogP contribution in [0.4, 0.5) is 0 Å². The largest absolute Gasteiger partial charge is 0.494 e. The Labute approximate surface area is 135 Å². The molecule has 2 rings (SSSR count). The van der Waals surface area contributed by atoms with Crippen molar-refractivity contribution < 1.29 is 14.3 Å². The van der Waals surface area contributed by atoms with Crippen LogP contribution in [0.25, 0.3) is 0 Å². The smallest absolute Gasteiger partial charge is 0.277 e. The second-order valence-electron chi connectivity index (χ2n) is 4.90. The van der Waals surface area contributed by atoms with E-state index < -0.39 is 0 Å². The van der Waals surface area contributed by atoms with Crippen LogP contribution >= 0.6 is 0 Å². The van der Waals surface area contributed by atoms with Crippen molar-refractivity contribution in [3.8, 4) is 11.5 Å². The van der Waals surface area contributed by atoms with Crippen LogP contribution in [0.5, 0.6) is 11.5 Å². The van der Waals surface area contributed by atoms with Gasteiger partial charge in [-0.2, -0.15) is 5.10 Å². The molecule has 2 aromatic carbocycles. The molecule has 0 unspecified atom stereocenters. The summed E-state index contributed by atoms with van der Waals surface area (Å²) >= 11 is 0. The first-order chi connectivity index (χ1) is 11.2. The summed E-state index contributed by atoms with van der Waals surface area (Å²) in [4.78, 5) is 11.6. The summed E-state index contributed by atoms with van der Waals surface area (Å²) in [5.74, 6) is 1.15. The fraction of sp³-hybridized carbons (Fsp3) is 0.222. The van der Waals surface area contributed by atoms with Crippen molar-refractivity contribution in [2.45, 2.75) is 13.8 Å². The number of carbonyl (C=O) groups excluding carboxylic acids is 1. The lowest BCUT2D eigenvalue weighted by molar-refractivity contribution is -0.123. The molecule has 0 heterocycles. The highest BCUT2D eigenvalue weighted by Crippen LogP contribution is 2.11. The lowest BCUT2D eigenvalue weighted by Crippen LogP contribution is -2.24. The van der Waals surface area contributed by atoms with Crippen LogP contribution < -0.4 is 14.9 Å². The van der Waals surface area contributed by atoms with Crippen LogP contribution in [0, 0.1) is 6.92 Å². The Hall–Kier alpha value is -2.82. The van der Waals surface area contributed by atoms with E-state index in [-0.39, 0.29) is 12.5 Å². The minimum atomic E-state index is -0.312. The van der Waals surface area contributed by atoms with E-state index in [0.717, 1.165) is 16.9 Å². The average Bonchev–Trinajstić information content (AvgIpc) is 2.56. The summed E-state index contributed by atoms with van der Waals surface area (Å²) in [5.41, 5.74) is 4.44. The van der Waals surface area contributed by atoms with Crippen LogP contribution in [0.3, 0.4) is 0 Å². The number of carbonyl (C=O) groups is 1. The lowest BCUT2D eigenvalue weighted by Gasteiger charge is -2.05. The first kappa shape index (κ1) is 16.5. The summed E-state index contributed by atoms with van der Waals surface area (Å²) in [6.45, 7) is 4.48. The second kappa shape index (κ2) is 8.58. The molecule has 0 bridgehead atoms. The molecule has 0 fully saturated rings. The third-order valence-electron chi connectivity index (χ3n) is 2.98.